The van der Waals surface area contributed by atoms with Gasteiger partial charge in [0.15, 0.2) is 5.82 Å². The summed E-state index contributed by atoms with van der Waals surface area (Å²) in [4.78, 5) is 24.8. The van der Waals surface area contributed by atoms with Crippen molar-refractivity contribution in [3.63, 3.8) is 0 Å². The van der Waals surface area contributed by atoms with Gasteiger partial charge in [0, 0.05) is 44.6 Å². The van der Waals surface area contributed by atoms with Gasteiger partial charge in [-0.3, -0.25) is 0 Å². The second kappa shape index (κ2) is 7.82. The second-order valence-electron chi connectivity index (χ2n) is 6.58. The van der Waals surface area contributed by atoms with Crippen LogP contribution in [0.2, 0.25) is 0 Å². The Morgan fingerprint density at radius 1 is 1.03 bits per heavy atom. The number of aromatic nitrogens is 4. The number of urea groups is 1. The predicted octanol–water partition coefficient (Wildman–Crippen LogP) is 2.60. The summed E-state index contributed by atoms with van der Waals surface area (Å²) in [6.07, 6.45) is 3.47. The summed E-state index contributed by atoms with van der Waals surface area (Å²) in [5.41, 5.74) is -0.435. The number of hydrogen-bond acceptors (Lipinski definition) is 5. The van der Waals surface area contributed by atoms with Gasteiger partial charge in [0.05, 0.1) is 0 Å². The van der Waals surface area contributed by atoms with Crippen molar-refractivity contribution in [2.75, 3.05) is 36.4 Å². The van der Waals surface area contributed by atoms with Crippen LogP contribution in [-0.2, 0) is 0 Å². The fraction of sp³-hybridized carbons (Fsp3) is 0.263. The van der Waals surface area contributed by atoms with E-state index < -0.39 is 23.4 Å². The number of piperazine rings is 1. The third kappa shape index (κ3) is 4.00. The van der Waals surface area contributed by atoms with Gasteiger partial charge in [0.1, 0.15) is 29.0 Å². The van der Waals surface area contributed by atoms with Crippen LogP contribution >= 0.6 is 0 Å². The molecule has 150 valence electrons. The minimum atomic E-state index is -0.806. The smallest absolute Gasteiger partial charge is 0.322 e. The molecule has 1 aliphatic rings. The number of carbonyl (C=O) groups is 1. The average Bonchev–Trinajstić information content (AvgIpc) is 3.25. The monoisotopic (exact) mass is 399 g/mol. The predicted molar refractivity (Wildman–Crippen MR) is 103 cm³/mol. The van der Waals surface area contributed by atoms with Gasteiger partial charge in [-0.05, 0) is 25.1 Å². The van der Waals surface area contributed by atoms with Crippen molar-refractivity contribution in [3.05, 3.63) is 60.2 Å². The number of benzene rings is 1. The Kier molecular flexibility index (Phi) is 5.07. The summed E-state index contributed by atoms with van der Waals surface area (Å²) in [6, 6.07) is 6.57. The summed E-state index contributed by atoms with van der Waals surface area (Å²) in [5, 5.41) is 6.51. The van der Waals surface area contributed by atoms with E-state index in [9.17, 15) is 13.6 Å². The number of carbonyl (C=O) groups excluding carboxylic acids is 1. The van der Waals surface area contributed by atoms with Crippen LogP contribution in [0.15, 0.2) is 42.7 Å². The van der Waals surface area contributed by atoms with Gasteiger partial charge in [-0.1, -0.05) is 6.07 Å². The van der Waals surface area contributed by atoms with Crippen LogP contribution < -0.4 is 10.2 Å². The van der Waals surface area contributed by atoms with E-state index in [1.165, 1.54) is 11.0 Å². The van der Waals surface area contributed by atoms with Gasteiger partial charge in [-0.25, -0.2) is 28.2 Å². The molecule has 1 N–H and O–H groups in total. The summed E-state index contributed by atoms with van der Waals surface area (Å²) in [7, 11) is 0. The van der Waals surface area contributed by atoms with Crippen LogP contribution in [0.4, 0.5) is 25.1 Å². The molecule has 29 heavy (non-hydrogen) atoms. The van der Waals surface area contributed by atoms with Crippen molar-refractivity contribution in [3.8, 4) is 5.82 Å². The first-order valence-electron chi connectivity index (χ1n) is 9.12. The van der Waals surface area contributed by atoms with E-state index in [-0.39, 0.29) is 0 Å². The Labute approximate surface area is 165 Å². The molecule has 10 heteroatoms. The van der Waals surface area contributed by atoms with E-state index in [2.05, 4.69) is 20.4 Å². The maximum absolute atomic E-state index is 13.8. The standard InChI is InChI=1S/C19H19F2N7O/c1-13-23-16(12-17(24-13)28-7-3-6-22-28)26-8-10-27(11-9-26)19(29)25-18-14(20)4-2-5-15(18)21/h2-7,12H,8-11H2,1H3,(H,25,29). The first kappa shape index (κ1) is 18.8. The third-order valence-corrected chi connectivity index (χ3v) is 4.64. The van der Waals surface area contributed by atoms with Gasteiger partial charge in [-0.2, -0.15) is 5.10 Å². The fourth-order valence-electron chi connectivity index (χ4n) is 3.16. The molecule has 2 aromatic heterocycles. The number of halogens is 2. The molecule has 1 saturated heterocycles. The molecular formula is C19H19F2N7O. The number of anilines is 2. The molecule has 2 amide bonds. The topological polar surface area (TPSA) is 79.2 Å². The van der Waals surface area contributed by atoms with Gasteiger partial charge in [0.2, 0.25) is 0 Å². The normalized spacial score (nSPS) is 14.2. The SMILES string of the molecule is Cc1nc(N2CCN(C(=O)Nc3c(F)cccc3F)CC2)cc(-n2cccn2)n1. The zero-order valence-corrected chi connectivity index (χ0v) is 15.7. The van der Waals surface area contributed by atoms with Crippen molar-refractivity contribution < 1.29 is 13.6 Å². The lowest BCUT2D eigenvalue weighted by atomic mass is 10.3. The highest BCUT2D eigenvalue weighted by molar-refractivity contribution is 5.89. The van der Waals surface area contributed by atoms with Gasteiger partial charge < -0.3 is 15.1 Å². The molecule has 1 aliphatic heterocycles. The van der Waals surface area contributed by atoms with Crippen molar-refractivity contribution >= 4 is 17.5 Å². The summed E-state index contributed by atoms with van der Waals surface area (Å²) in [6.45, 7) is 3.65. The highest BCUT2D eigenvalue weighted by Gasteiger charge is 2.24. The highest BCUT2D eigenvalue weighted by Crippen LogP contribution is 2.20. The molecule has 1 fully saturated rings. The molecule has 0 spiro atoms. The number of amides is 2. The first-order valence-corrected chi connectivity index (χ1v) is 9.12. The number of hydrogen-bond donors (Lipinski definition) is 1. The molecule has 0 bridgehead atoms. The Hall–Kier alpha value is -3.56. The third-order valence-electron chi connectivity index (χ3n) is 4.64. The van der Waals surface area contributed by atoms with Crippen LogP contribution in [0.5, 0.6) is 0 Å². The molecule has 3 heterocycles. The highest BCUT2D eigenvalue weighted by atomic mass is 19.1. The number of rotatable bonds is 3. The summed E-state index contributed by atoms with van der Waals surface area (Å²) < 4.78 is 29.2. The Morgan fingerprint density at radius 3 is 2.38 bits per heavy atom. The molecule has 4 rings (SSSR count). The molecule has 0 aliphatic carbocycles. The second-order valence-corrected chi connectivity index (χ2v) is 6.58. The van der Waals surface area contributed by atoms with Gasteiger partial charge >= 0.3 is 6.03 Å². The lowest BCUT2D eigenvalue weighted by Crippen LogP contribution is -2.50. The van der Waals surface area contributed by atoms with Gasteiger partial charge in [0.25, 0.3) is 0 Å². The van der Waals surface area contributed by atoms with Crippen LogP contribution in [0.3, 0.4) is 0 Å². The number of nitrogens with one attached hydrogen (secondary N) is 1. The summed E-state index contributed by atoms with van der Waals surface area (Å²) in [5.74, 6) is 0.401. The Bertz CT molecular complexity index is 997. The van der Waals surface area contributed by atoms with E-state index in [4.69, 9.17) is 0 Å². The van der Waals surface area contributed by atoms with E-state index in [1.807, 2.05) is 24.0 Å². The lowest BCUT2D eigenvalue weighted by molar-refractivity contribution is 0.208. The van der Waals surface area contributed by atoms with Crippen LogP contribution in [0.1, 0.15) is 5.82 Å². The first-order chi connectivity index (χ1) is 14.0. The van der Waals surface area contributed by atoms with E-state index in [0.29, 0.717) is 37.8 Å². The van der Waals surface area contributed by atoms with E-state index in [0.717, 1.165) is 18.0 Å². The zero-order valence-electron chi connectivity index (χ0n) is 15.7. The Morgan fingerprint density at radius 2 is 1.72 bits per heavy atom. The quantitative estimate of drug-likeness (QED) is 0.733. The number of nitrogens with zero attached hydrogens (tertiary/aromatic N) is 6. The largest absolute Gasteiger partial charge is 0.353 e. The van der Waals surface area contributed by atoms with E-state index in [1.54, 1.807) is 17.1 Å². The molecule has 0 unspecified atom stereocenters. The maximum atomic E-state index is 13.8. The van der Waals surface area contributed by atoms with Crippen molar-refractivity contribution in [2.24, 2.45) is 0 Å². The van der Waals surface area contributed by atoms with E-state index >= 15 is 0 Å². The molecule has 3 aromatic rings. The lowest BCUT2D eigenvalue weighted by Gasteiger charge is -2.35. The van der Waals surface area contributed by atoms with Crippen molar-refractivity contribution in [2.45, 2.75) is 6.92 Å². The van der Waals surface area contributed by atoms with Crippen molar-refractivity contribution in [1.29, 1.82) is 0 Å². The Balaban J connectivity index is 1.43. The maximum Gasteiger partial charge on any atom is 0.322 e. The number of para-hydroxylation sites is 1. The van der Waals surface area contributed by atoms with Crippen molar-refractivity contribution in [1.82, 2.24) is 24.6 Å². The molecule has 8 nitrogen and oxygen atoms in total. The molecule has 1 aromatic carbocycles. The average molecular weight is 399 g/mol. The molecule has 0 saturated carbocycles. The molecule has 0 atom stereocenters. The molecular weight excluding hydrogens is 380 g/mol. The van der Waals surface area contributed by atoms with Crippen LogP contribution in [0, 0.1) is 18.6 Å². The fourth-order valence-corrected chi connectivity index (χ4v) is 3.16. The minimum absolute atomic E-state index is 0.391. The molecule has 0 radical (unpaired) electrons. The van der Waals surface area contributed by atoms with Crippen LogP contribution in [-0.4, -0.2) is 56.9 Å². The summed E-state index contributed by atoms with van der Waals surface area (Å²) >= 11 is 0. The van der Waals surface area contributed by atoms with Gasteiger partial charge in [-0.15, -0.1) is 0 Å². The zero-order chi connectivity index (χ0) is 20.4. The van der Waals surface area contributed by atoms with Crippen LogP contribution in [0.25, 0.3) is 5.82 Å². The minimum Gasteiger partial charge on any atom is -0.353 e. The number of aryl methyl sites for hydroxylation is 1.